The minimum atomic E-state index is -5.05. The molecule has 1 aliphatic heterocycles. The maximum Gasteiger partial charge on any atom is 0.478 e. The smallest absolute Gasteiger partial charge is 0.394 e. The largest absolute Gasteiger partial charge is 0.478 e. The average molecular weight is 529 g/mol. The number of aliphatic hydroxyl groups is 3. The molecule has 0 radical (unpaired) electrons. The lowest BCUT2D eigenvalue weighted by molar-refractivity contribution is -0.0511. The van der Waals surface area contributed by atoms with Gasteiger partial charge in [-0.3, -0.25) is 14.3 Å². The standard InChI is InChI=1S/C10H13N5O5.4H3N.H4O7P2/c11-10-13-7-4(8(19)14-10)12-2-15(7)9-6(18)5(17)3(1-16)20-9;;;;;1-8(2,3)7-9(4,5)6/h2-3,5-6,9,16-18H,1H2,(H3,11,13,14,19);4*1H3;(H2,1,2,3)(H2,4,5,6)/t3-,5-,6-,9-;;;;;/m1...../s1. The monoisotopic (exact) mass is 529 g/mol. The molecule has 1 aliphatic rings. The molecule has 0 unspecified atom stereocenters. The van der Waals surface area contributed by atoms with Crippen molar-refractivity contribution < 1.29 is 53.1 Å². The molecule has 2 aromatic rings. The van der Waals surface area contributed by atoms with E-state index in [1.165, 1.54) is 10.9 Å². The van der Waals surface area contributed by atoms with Crippen LogP contribution in [0.4, 0.5) is 5.95 Å². The lowest BCUT2D eigenvalue weighted by atomic mass is 10.1. The van der Waals surface area contributed by atoms with E-state index in [0.29, 0.717) is 0 Å². The first-order valence-electron chi connectivity index (χ1n) is 7.40. The highest BCUT2D eigenvalue weighted by molar-refractivity contribution is 7.60. The summed E-state index contributed by atoms with van der Waals surface area (Å²) < 4.78 is 28.9. The number of imidazole rings is 1. The van der Waals surface area contributed by atoms with Gasteiger partial charge in [-0.05, 0) is 0 Å². The van der Waals surface area contributed by atoms with Gasteiger partial charge in [0.05, 0.1) is 12.9 Å². The minimum Gasteiger partial charge on any atom is -0.394 e. The number of hydrogen-bond acceptors (Lipinski definition) is 15. The van der Waals surface area contributed by atoms with Crippen molar-refractivity contribution in [1.29, 1.82) is 0 Å². The Morgan fingerprint density at radius 3 is 2.00 bits per heavy atom. The van der Waals surface area contributed by atoms with Crippen LogP contribution in [0, 0.1) is 0 Å². The second kappa shape index (κ2) is 13.1. The summed E-state index contributed by atoms with van der Waals surface area (Å²) in [5.74, 6) is -0.101. The Morgan fingerprint density at radius 2 is 1.61 bits per heavy atom. The molecule has 3 rings (SSSR count). The molecule has 0 aromatic carbocycles. The molecule has 1 fully saturated rings. The van der Waals surface area contributed by atoms with Crippen molar-refractivity contribution in [2.45, 2.75) is 24.5 Å². The predicted molar refractivity (Wildman–Crippen MR) is 111 cm³/mol. The first-order valence-corrected chi connectivity index (χ1v) is 10.5. The Kier molecular flexibility index (Phi) is 14.2. The Bertz CT molecular complexity index is 1000. The number of nitrogens with zero attached hydrogens (tertiary/aromatic N) is 3. The first-order chi connectivity index (χ1) is 13.2. The number of nitrogens with two attached hydrogens (primary N) is 1. The summed E-state index contributed by atoms with van der Waals surface area (Å²) in [6.07, 6.45) is -3.21. The van der Waals surface area contributed by atoms with Crippen LogP contribution < -0.4 is 35.9 Å². The molecule has 196 valence electrons. The van der Waals surface area contributed by atoms with Crippen LogP contribution in [0.1, 0.15) is 6.23 Å². The second-order valence-corrected chi connectivity index (χ2v) is 8.18. The molecule has 22 N–H and O–H groups in total. The van der Waals surface area contributed by atoms with Gasteiger partial charge in [0.15, 0.2) is 17.4 Å². The summed E-state index contributed by atoms with van der Waals surface area (Å²) in [6.45, 7) is -0.447. The van der Waals surface area contributed by atoms with E-state index in [1.54, 1.807) is 0 Å². The van der Waals surface area contributed by atoms with Crippen molar-refractivity contribution in [2.24, 2.45) is 0 Å². The second-order valence-electron chi connectivity index (χ2n) is 5.57. The number of ether oxygens (including phenoxy) is 1. The van der Waals surface area contributed by atoms with Gasteiger partial charge in [-0.2, -0.15) is 9.29 Å². The Balaban J connectivity index is -0.000000608. The molecule has 0 amide bonds. The molecule has 0 saturated carbocycles. The summed E-state index contributed by atoms with van der Waals surface area (Å²) in [4.78, 5) is 52.8. The number of phosphoric acid groups is 2. The van der Waals surface area contributed by atoms with Crippen molar-refractivity contribution in [3.8, 4) is 0 Å². The number of anilines is 1. The van der Waals surface area contributed by atoms with E-state index < -0.39 is 52.4 Å². The number of aromatic nitrogens is 4. The molecule has 3 heterocycles. The number of fused-ring (bicyclic) bond motifs is 1. The molecule has 23 heteroatoms. The summed E-state index contributed by atoms with van der Waals surface area (Å²) in [5.41, 5.74) is 5.12. The van der Waals surface area contributed by atoms with E-state index in [4.69, 9.17) is 35.2 Å². The van der Waals surface area contributed by atoms with E-state index in [0.717, 1.165) is 0 Å². The van der Waals surface area contributed by atoms with Gasteiger partial charge >= 0.3 is 15.6 Å². The molecule has 1 saturated heterocycles. The normalized spacial score (nSPS) is 22.0. The highest BCUT2D eigenvalue weighted by Crippen LogP contribution is 2.53. The molecule has 33 heavy (non-hydrogen) atoms. The van der Waals surface area contributed by atoms with Crippen molar-refractivity contribution >= 4 is 32.8 Å². The summed E-state index contributed by atoms with van der Waals surface area (Å²) >= 11 is 0. The Hall–Kier alpha value is -1.91. The molecular formula is C10H29N9O12P2. The van der Waals surface area contributed by atoms with Crippen LogP contribution >= 0.6 is 15.6 Å². The third-order valence-electron chi connectivity index (χ3n) is 3.45. The van der Waals surface area contributed by atoms with Crippen molar-refractivity contribution in [2.75, 3.05) is 12.3 Å². The number of hydrogen-bond donors (Lipinski definition) is 13. The van der Waals surface area contributed by atoms with Gasteiger partial charge < -0.3 is 70.0 Å². The van der Waals surface area contributed by atoms with Gasteiger partial charge in [0.25, 0.3) is 5.56 Å². The average Bonchev–Trinajstić information content (AvgIpc) is 3.07. The molecule has 21 nitrogen and oxygen atoms in total. The van der Waals surface area contributed by atoms with E-state index in [1.807, 2.05) is 0 Å². The van der Waals surface area contributed by atoms with Crippen LogP contribution in [0.5, 0.6) is 0 Å². The van der Waals surface area contributed by atoms with Crippen LogP contribution in [-0.2, 0) is 18.2 Å². The van der Waals surface area contributed by atoms with Gasteiger partial charge in [0, 0.05) is 0 Å². The van der Waals surface area contributed by atoms with Crippen LogP contribution in [0.15, 0.2) is 11.1 Å². The maximum atomic E-state index is 11.7. The van der Waals surface area contributed by atoms with Crippen LogP contribution in [0.25, 0.3) is 11.2 Å². The molecule has 0 spiro atoms. The number of nitrogens with one attached hydrogen (secondary N) is 1. The van der Waals surface area contributed by atoms with Gasteiger partial charge in [-0.1, -0.05) is 0 Å². The molecule has 0 aliphatic carbocycles. The van der Waals surface area contributed by atoms with Crippen molar-refractivity contribution in [1.82, 2.24) is 44.1 Å². The quantitative estimate of drug-likeness (QED) is 0.177. The zero-order valence-corrected chi connectivity index (χ0v) is 18.7. The first kappa shape index (κ1) is 35.7. The van der Waals surface area contributed by atoms with Crippen LogP contribution in [-0.4, -0.2) is 79.3 Å². The molecule has 2 aromatic heterocycles. The van der Waals surface area contributed by atoms with Crippen LogP contribution in [0.2, 0.25) is 0 Å². The summed E-state index contributed by atoms with van der Waals surface area (Å²) in [5, 5.41) is 28.7. The highest BCUT2D eigenvalue weighted by Gasteiger charge is 2.44. The van der Waals surface area contributed by atoms with E-state index in [9.17, 15) is 24.1 Å². The van der Waals surface area contributed by atoms with E-state index in [2.05, 4.69) is 19.3 Å². The third kappa shape index (κ3) is 9.10. The number of H-pyrrole nitrogens is 1. The highest BCUT2D eigenvalue weighted by atomic mass is 31.3. The molecular weight excluding hydrogens is 500 g/mol. The zero-order chi connectivity index (χ0) is 22.1. The maximum absolute atomic E-state index is 11.7. The third-order valence-corrected chi connectivity index (χ3v) is 5.16. The minimum absolute atomic E-state index is 0. The zero-order valence-electron chi connectivity index (χ0n) is 16.9. The fraction of sp³-hybridized carbons (Fsp3) is 0.500. The fourth-order valence-electron chi connectivity index (χ4n) is 2.38. The molecule has 4 atom stereocenters. The summed E-state index contributed by atoms with van der Waals surface area (Å²) in [7, 11) is -10.1. The lowest BCUT2D eigenvalue weighted by Gasteiger charge is -2.16. The number of rotatable bonds is 4. The van der Waals surface area contributed by atoms with E-state index >= 15 is 0 Å². The topological polar surface area (TPSA) is 424 Å². The van der Waals surface area contributed by atoms with Crippen molar-refractivity contribution in [3.63, 3.8) is 0 Å². The number of nitrogen functional groups attached to an aromatic ring is 1. The fourth-order valence-corrected chi connectivity index (χ4v) is 3.49. The lowest BCUT2D eigenvalue weighted by Crippen LogP contribution is -2.33. The Morgan fingerprint density at radius 1 is 1.09 bits per heavy atom. The SMILES string of the molecule is N.N.N.N.Nc1nc2c(ncn2[C@@H]2O[C@H](CO)[C@@H](O)[C@H]2O)c(=O)[nH]1.O=P(O)(O)OP(=O)(O)O. The van der Waals surface area contributed by atoms with Gasteiger partial charge in [0.1, 0.15) is 18.3 Å². The number of aromatic amines is 1. The van der Waals surface area contributed by atoms with Gasteiger partial charge in [0.2, 0.25) is 5.95 Å². The van der Waals surface area contributed by atoms with Gasteiger partial charge in [-0.15, -0.1) is 0 Å². The summed E-state index contributed by atoms with van der Waals surface area (Å²) in [6, 6.07) is 0. The van der Waals surface area contributed by atoms with Crippen molar-refractivity contribution in [3.05, 3.63) is 16.7 Å². The van der Waals surface area contributed by atoms with Gasteiger partial charge in [-0.25, -0.2) is 14.1 Å². The Labute approximate surface area is 184 Å². The van der Waals surface area contributed by atoms with E-state index in [-0.39, 0.29) is 41.7 Å². The predicted octanol–water partition coefficient (Wildman–Crippen LogP) is -2.85. The number of aliphatic hydroxyl groups excluding tert-OH is 3. The van der Waals surface area contributed by atoms with Crippen LogP contribution in [0.3, 0.4) is 0 Å². The molecule has 0 bridgehead atoms.